The summed E-state index contributed by atoms with van der Waals surface area (Å²) in [6.45, 7) is 2.32. The number of ether oxygens (including phenoxy) is 1. The van der Waals surface area contributed by atoms with Crippen molar-refractivity contribution in [3.8, 4) is 0 Å². The van der Waals surface area contributed by atoms with E-state index in [2.05, 4.69) is 5.32 Å². The number of aryl methyl sites for hydroxylation is 1. The Morgan fingerprint density at radius 1 is 1.14 bits per heavy atom. The van der Waals surface area contributed by atoms with Crippen LogP contribution in [-0.2, 0) is 19.6 Å². The van der Waals surface area contributed by atoms with Crippen molar-refractivity contribution in [1.29, 1.82) is 0 Å². The minimum absolute atomic E-state index is 0.141. The molecule has 1 atom stereocenters. The number of carbonyl (C=O) groups is 2. The maximum atomic E-state index is 12.8. The van der Waals surface area contributed by atoms with E-state index in [9.17, 15) is 18.0 Å². The van der Waals surface area contributed by atoms with Crippen LogP contribution in [0.25, 0.3) is 0 Å². The average molecular weight is 416 g/mol. The molecular weight excluding hydrogens is 392 g/mol. The zero-order valence-electron chi connectivity index (χ0n) is 16.4. The van der Waals surface area contributed by atoms with Gasteiger partial charge in [0.15, 0.2) is 0 Å². The highest BCUT2D eigenvalue weighted by Crippen LogP contribution is 2.25. The molecule has 1 unspecified atom stereocenters. The molecule has 7 nitrogen and oxygen atoms in total. The molecule has 8 heteroatoms. The molecule has 0 aromatic heterocycles. The smallest absolute Gasteiger partial charge is 0.337 e. The van der Waals surface area contributed by atoms with Gasteiger partial charge in [-0.1, -0.05) is 18.2 Å². The number of anilines is 1. The van der Waals surface area contributed by atoms with Gasteiger partial charge in [-0.15, -0.1) is 0 Å². The molecule has 1 heterocycles. The summed E-state index contributed by atoms with van der Waals surface area (Å²) < 4.78 is 31.8. The third kappa shape index (κ3) is 4.65. The second kappa shape index (κ2) is 8.75. The number of hydrogen-bond acceptors (Lipinski definition) is 5. The molecular formula is C21H24N2O5S. The van der Waals surface area contributed by atoms with Crippen molar-refractivity contribution < 1.29 is 22.7 Å². The summed E-state index contributed by atoms with van der Waals surface area (Å²) in [4.78, 5) is 24.6. The maximum Gasteiger partial charge on any atom is 0.337 e. The molecule has 2 aromatic carbocycles. The Labute approximate surface area is 170 Å². The SMILES string of the molecule is COC(=O)c1ccc(NC(=O)C2CCCN(S(=O)(=O)c3ccccc3)C2)c(C)c1. The van der Waals surface area contributed by atoms with E-state index in [1.807, 2.05) is 0 Å². The Balaban J connectivity index is 1.71. The van der Waals surface area contributed by atoms with Gasteiger partial charge in [0.2, 0.25) is 15.9 Å². The van der Waals surface area contributed by atoms with Crippen molar-refractivity contribution in [2.75, 3.05) is 25.5 Å². The molecule has 0 saturated carbocycles. The molecule has 0 aliphatic carbocycles. The Kier molecular flexibility index (Phi) is 6.34. The van der Waals surface area contributed by atoms with Crippen LogP contribution in [0.5, 0.6) is 0 Å². The van der Waals surface area contributed by atoms with Crippen molar-refractivity contribution in [1.82, 2.24) is 4.31 Å². The van der Waals surface area contributed by atoms with E-state index < -0.39 is 21.9 Å². The molecule has 0 bridgehead atoms. The molecule has 0 spiro atoms. The fraction of sp³-hybridized carbons (Fsp3) is 0.333. The number of hydrogen-bond donors (Lipinski definition) is 1. The summed E-state index contributed by atoms with van der Waals surface area (Å²) in [5, 5.41) is 2.86. The van der Waals surface area contributed by atoms with Crippen LogP contribution < -0.4 is 5.32 Å². The minimum atomic E-state index is -3.63. The van der Waals surface area contributed by atoms with Gasteiger partial charge in [0.1, 0.15) is 0 Å². The van der Waals surface area contributed by atoms with Crippen LogP contribution >= 0.6 is 0 Å². The highest BCUT2D eigenvalue weighted by Gasteiger charge is 2.33. The van der Waals surface area contributed by atoms with E-state index in [0.29, 0.717) is 30.6 Å². The van der Waals surface area contributed by atoms with Gasteiger partial charge in [-0.25, -0.2) is 13.2 Å². The lowest BCUT2D eigenvalue weighted by atomic mass is 9.98. The topological polar surface area (TPSA) is 92.8 Å². The van der Waals surface area contributed by atoms with Gasteiger partial charge in [0, 0.05) is 18.8 Å². The number of rotatable bonds is 5. The van der Waals surface area contributed by atoms with E-state index in [1.54, 1.807) is 55.5 Å². The highest BCUT2D eigenvalue weighted by molar-refractivity contribution is 7.89. The van der Waals surface area contributed by atoms with E-state index in [4.69, 9.17) is 4.74 Å². The molecule has 1 saturated heterocycles. The number of benzene rings is 2. The summed E-state index contributed by atoms with van der Waals surface area (Å²) in [5.74, 6) is -1.12. The summed E-state index contributed by atoms with van der Waals surface area (Å²) in [7, 11) is -2.31. The van der Waals surface area contributed by atoms with Crippen molar-refractivity contribution in [2.45, 2.75) is 24.7 Å². The first-order chi connectivity index (χ1) is 13.8. The highest BCUT2D eigenvalue weighted by atomic mass is 32.2. The van der Waals surface area contributed by atoms with Crippen molar-refractivity contribution >= 4 is 27.6 Å². The van der Waals surface area contributed by atoms with Gasteiger partial charge in [0.05, 0.1) is 23.5 Å². The van der Waals surface area contributed by atoms with Gasteiger partial charge >= 0.3 is 5.97 Å². The van der Waals surface area contributed by atoms with E-state index >= 15 is 0 Å². The summed E-state index contributed by atoms with van der Waals surface area (Å²) in [6, 6.07) is 13.1. The van der Waals surface area contributed by atoms with Crippen LogP contribution in [0, 0.1) is 12.8 Å². The van der Waals surface area contributed by atoms with Crippen LogP contribution in [0.15, 0.2) is 53.4 Å². The van der Waals surface area contributed by atoms with Crippen molar-refractivity contribution in [2.24, 2.45) is 5.92 Å². The number of carbonyl (C=O) groups excluding carboxylic acids is 2. The molecule has 1 fully saturated rings. The third-order valence-corrected chi connectivity index (χ3v) is 6.92. The summed E-state index contributed by atoms with van der Waals surface area (Å²) in [5.41, 5.74) is 1.72. The van der Waals surface area contributed by atoms with Crippen LogP contribution in [0.1, 0.15) is 28.8 Å². The van der Waals surface area contributed by atoms with E-state index in [0.717, 1.165) is 5.56 Å². The number of piperidine rings is 1. The van der Waals surface area contributed by atoms with E-state index in [1.165, 1.54) is 11.4 Å². The number of nitrogens with zero attached hydrogens (tertiary/aromatic N) is 1. The second-order valence-electron chi connectivity index (χ2n) is 7.03. The first-order valence-corrected chi connectivity index (χ1v) is 10.8. The molecule has 2 aromatic rings. The standard InChI is InChI=1S/C21H24N2O5S/c1-15-13-16(21(25)28-2)10-11-19(15)22-20(24)17-7-6-12-23(14-17)29(26,27)18-8-4-3-5-9-18/h3-5,8-11,13,17H,6-7,12,14H2,1-2H3,(H,22,24). The Morgan fingerprint density at radius 3 is 2.52 bits per heavy atom. The molecule has 0 radical (unpaired) electrons. The first kappa shape index (κ1) is 21.0. The first-order valence-electron chi connectivity index (χ1n) is 9.38. The predicted octanol–water partition coefficient (Wildman–Crippen LogP) is 2.82. The zero-order chi connectivity index (χ0) is 21.0. The Morgan fingerprint density at radius 2 is 1.86 bits per heavy atom. The largest absolute Gasteiger partial charge is 0.465 e. The van der Waals surface area contributed by atoms with Crippen LogP contribution in [-0.4, -0.2) is 44.8 Å². The summed E-state index contributed by atoms with van der Waals surface area (Å²) in [6.07, 6.45) is 1.23. The number of methoxy groups -OCH3 is 1. The number of sulfonamides is 1. The number of amides is 1. The number of esters is 1. The normalized spacial score (nSPS) is 17.5. The lowest BCUT2D eigenvalue weighted by Gasteiger charge is -2.31. The Hall–Kier alpha value is -2.71. The van der Waals surface area contributed by atoms with Gasteiger partial charge < -0.3 is 10.1 Å². The fourth-order valence-electron chi connectivity index (χ4n) is 3.40. The van der Waals surface area contributed by atoms with Gasteiger partial charge in [-0.3, -0.25) is 4.79 Å². The average Bonchev–Trinajstić information content (AvgIpc) is 2.75. The lowest BCUT2D eigenvalue weighted by molar-refractivity contribution is -0.120. The Bertz CT molecular complexity index is 1000. The quantitative estimate of drug-likeness (QED) is 0.757. The molecule has 1 aliphatic rings. The third-order valence-electron chi connectivity index (χ3n) is 5.04. The van der Waals surface area contributed by atoms with E-state index in [-0.39, 0.29) is 17.3 Å². The van der Waals surface area contributed by atoms with Crippen LogP contribution in [0.2, 0.25) is 0 Å². The predicted molar refractivity (Wildman–Crippen MR) is 109 cm³/mol. The molecule has 3 rings (SSSR count). The number of nitrogens with one attached hydrogen (secondary N) is 1. The van der Waals surface area contributed by atoms with Crippen LogP contribution in [0.3, 0.4) is 0 Å². The maximum absolute atomic E-state index is 12.8. The fourth-order valence-corrected chi connectivity index (χ4v) is 4.94. The minimum Gasteiger partial charge on any atom is -0.465 e. The second-order valence-corrected chi connectivity index (χ2v) is 8.96. The summed E-state index contributed by atoms with van der Waals surface area (Å²) >= 11 is 0. The molecule has 1 N–H and O–H groups in total. The molecule has 1 aliphatic heterocycles. The lowest BCUT2D eigenvalue weighted by Crippen LogP contribution is -2.43. The molecule has 154 valence electrons. The van der Waals surface area contributed by atoms with Gasteiger partial charge in [-0.2, -0.15) is 4.31 Å². The van der Waals surface area contributed by atoms with Crippen LogP contribution in [0.4, 0.5) is 5.69 Å². The monoisotopic (exact) mass is 416 g/mol. The van der Waals surface area contributed by atoms with Gasteiger partial charge in [0.25, 0.3) is 0 Å². The van der Waals surface area contributed by atoms with Crippen molar-refractivity contribution in [3.63, 3.8) is 0 Å². The zero-order valence-corrected chi connectivity index (χ0v) is 17.2. The molecule has 29 heavy (non-hydrogen) atoms. The van der Waals surface area contributed by atoms with Gasteiger partial charge in [-0.05, 0) is 55.7 Å². The van der Waals surface area contributed by atoms with Crippen molar-refractivity contribution in [3.05, 3.63) is 59.7 Å². The molecule has 1 amide bonds.